The van der Waals surface area contributed by atoms with E-state index in [-0.39, 0.29) is 0 Å². The fourth-order valence-corrected chi connectivity index (χ4v) is 3.75. The molecule has 0 saturated carbocycles. The largest absolute Gasteiger partial charge is 0.463 e. The molecule has 0 radical (unpaired) electrons. The van der Waals surface area contributed by atoms with Crippen molar-refractivity contribution in [1.29, 1.82) is 0 Å². The van der Waals surface area contributed by atoms with Crippen molar-refractivity contribution in [2.75, 3.05) is 12.4 Å². The topological polar surface area (TPSA) is 152 Å². The van der Waals surface area contributed by atoms with Crippen LogP contribution in [0.5, 0.6) is 0 Å². The van der Waals surface area contributed by atoms with E-state index >= 15 is 0 Å². The van der Waals surface area contributed by atoms with Gasteiger partial charge < -0.3 is 28.2 Å². The maximum absolute atomic E-state index is 11.7. The molecule has 0 aromatic carbocycles. The molecule has 0 aromatic heterocycles. The quantitative estimate of drug-likeness (QED) is 0.393. The maximum Gasteiger partial charge on any atom is 0.303 e. The molecule has 1 N–H and O–H groups in total. The lowest BCUT2D eigenvalue weighted by atomic mass is 9.95. The van der Waals surface area contributed by atoms with Crippen molar-refractivity contribution in [3.8, 4) is 0 Å². The smallest absolute Gasteiger partial charge is 0.303 e. The Morgan fingerprint density at radius 2 is 1.29 bits per heavy atom. The third kappa shape index (κ3) is 8.04. The molecular weight excluding hydrogens is 420 g/mol. The van der Waals surface area contributed by atoms with Crippen molar-refractivity contribution in [2.45, 2.75) is 58.2 Å². The molecule has 6 atom stereocenters. The summed E-state index contributed by atoms with van der Waals surface area (Å²) in [6.45, 7) is 3.94. The summed E-state index contributed by atoms with van der Waals surface area (Å²) in [5.74, 6) is -3.68. The summed E-state index contributed by atoms with van der Waals surface area (Å²) in [6, 6.07) is 0. The zero-order valence-electron chi connectivity index (χ0n) is 15.6. The maximum atomic E-state index is 11.7. The zero-order chi connectivity index (χ0) is 21.6. The van der Waals surface area contributed by atoms with E-state index in [4.69, 9.17) is 23.7 Å². The van der Waals surface area contributed by atoms with Crippen molar-refractivity contribution in [1.82, 2.24) is 0 Å². The summed E-state index contributed by atoms with van der Waals surface area (Å²) < 4.78 is 47.2. The molecule has 0 amide bonds. The number of carbonyl (C=O) groups excluding carboxylic acids is 4. The van der Waals surface area contributed by atoms with Crippen LogP contribution in [0.4, 0.5) is 0 Å². The summed E-state index contributed by atoms with van der Waals surface area (Å²) in [5.41, 5.74) is 0. The number of hydrogen-bond acceptors (Lipinski definition) is 11. The van der Waals surface area contributed by atoms with Crippen LogP contribution in [-0.2, 0) is 62.8 Å². The Morgan fingerprint density at radius 3 is 1.68 bits per heavy atom. The normalized spacial score (nSPS) is 29.1. The highest BCUT2D eigenvalue weighted by atomic mass is 32.8. The van der Waals surface area contributed by atoms with E-state index < -0.39 is 75.5 Å². The molecule has 1 fully saturated rings. The third-order valence-electron chi connectivity index (χ3n) is 3.46. The van der Waals surface area contributed by atoms with Gasteiger partial charge in [-0.25, -0.2) is 4.21 Å². The summed E-state index contributed by atoms with van der Waals surface area (Å²) >= 11 is 4.49. The number of rotatable bonds is 7. The van der Waals surface area contributed by atoms with E-state index in [9.17, 15) is 27.9 Å². The third-order valence-corrected chi connectivity index (χ3v) is 4.62. The van der Waals surface area contributed by atoms with Crippen LogP contribution in [0.25, 0.3) is 0 Å². The van der Waals surface area contributed by atoms with Crippen molar-refractivity contribution in [3.63, 3.8) is 0 Å². The fraction of sp³-hybridized carbons (Fsp3) is 0.733. The van der Waals surface area contributed by atoms with Gasteiger partial charge in [-0.15, -0.1) is 0 Å². The van der Waals surface area contributed by atoms with Crippen molar-refractivity contribution in [2.24, 2.45) is 0 Å². The Hall–Kier alpha value is -1.83. The first-order valence-electron chi connectivity index (χ1n) is 8.05. The van der Waals surface area contributed by atoms with Gasteiger partial charge in [-0.2, -0.15) is 0 Å². The second-order valence-corrected chi connectivity index (χ2v) is 9.05. The Bertz CT molecular complexity index is 717. The van der Waals surface area contributed by atoms with Crippen molar-refractivity contribution >= 4 is 43.8 Å². The second kappa shape index (κ2) is 10.1. The lowest BCUT2D eigenvalue weighted by Gasteiger charge is -2.44. The van der Waals surface area contributed by atoms with Crippen LogP contribution in [-0.4, -0.2) is 75.5 Å². The Labute approximate surface area is 166 Å². The molecule has 0 aliphatic carbocycles. The predicted octanol–water partition coefficient (Wildman–Crippen LogP) is -0.669. The van der Waals surface area contributed by atoms with Crippen molar-refractivity contribution < 1.29 is 51.6 Å². The van der Waals surface area contributed by atoms with E-state index in [0.29, 0.717) is 0 Å². The summed E-state index contributed by atoms with van der Waals surface area (Å²) in [6.07, 6.45) is -6.57. The highest BCUT2D eigenvalue weighted by molar-refractivity contribution is 8.29. The van der Waals surface area contributed by atoms with Gasteiger partial charge in [0.1, 0.15) is 27.6 Å². The Balaban J connectivity index is 3.36. The minimum atomic E-state index is -3.78. The van der Waals surface area contributed by atoms with E-state index in [1.807, 2.05) is 0 Å². The minimum absolute atomic E-state index is 0.418. The summed E-state index contributed by atoms with van der Waals surface area (Å²) in [4.78, 5) is 45.8. The van der Waals surface area contributed by atoms with Gasteiger partial charge in [0.2, 0.25) is 0 Å². The molecule has 160 valence electrons. The number of hydrogen-bond donors (Lipinski definition) is 1. The molecule has 13 heteroatoms. The SMILES string of the molecule is CC(=O)OC[C@H]1OC(CS(=O)(O)=S)[C@@H](OC(C)=O)[C@@H](OC(C)=O)[C@@H]1OC(C)=O. The molecule has 0 spiro atoms. The fourth-order valence-electron chi connectivity index (χ4n) is 2.66. The molecule has 1 rings (SSSR count). The molecule has 11 nitrogen and oxygen atoms in total. The molecule has 2 unspecified atom stereocenters. The zero-order valence-corrected chi connectivity index (χ0v) is 17.3. The van der Waals surface area contributed by atoms with E-state index in [1.54, 1.807) is 0 Å². The number of carbonyl (C=O) groups is 4. The lowest BCUT2D eigenvalue weighted by molar-refractivity contribution is -0.248. The van der Waals surface area contributed by atoms with Gasteiger partial charge in [0.05, 0.1) is 5.75 Å². The number of esters is 4. The molecule has 1 aliphatic heterocycles. The van der Waals surface area contributed by atoms with Crippen LogP contribution < -0.4 is 0 Å². The first kappa shape index (κ1) is 24.2. The molecule has 0 aromatic rings. The highest BCUT2D eigenvalue weighted by Gasteiger charge is 2.52. The Morgan fingerprint density at radius 1 is 0.857 bits per heavy atom. The second-order valence-electron chi connectivity index (χ2n) is 5.99. The van der Waals surface area contributed by atoms with Gasteiger partial charge in [-0.05, 0) is 0 Å². The minimum Gasteiger partial charge on any atom is -0.463 e. The summed E-state index contributed by atoms with van der Waals surface area (Å²) in [5, 5.41) is 0. The van der Waals surface area contributed by atoms with Gasteiger partial charge in [-0.3, -0.25) is 19.2 Å². The van der Waals surface area contributed by atoms with Crippen LogP contribution in [0.3, 0.4) is 0 Å². The average Bonchev–Trinajstić information content (AvgIpc) is 2.48. The molecule has 1 heterocycles. The van der Waals surface area contributed by atoms with Gasteiger partial charge in [0, 0.05) is 38.9 Å². The lowest BCUT2D eigenvalue weighted by Crippen LogP contribution is -2.63. The first-order chi connectivity index (χ1) is 12.8. The van der Waals surface area contributed by atoms with E-state index in [0.717, 1.165) is 27.7 Å². The van der Waals surface area contributed by atoms with Crippen LogP contribution in [0.2, 0.25) is 0 Å². The van der Waals surface area contributed by atoms with Gasteiger partial charge in [0.15, 0.2) is 18.3 Å². The van der Waals surface area contributed by atoms with Gasteiger partial charge in [-0.1, -0.05) is 0 Å². The first-order valence-corrected chi connectivity index (χ1v) is 10.7. The highest BCUT2D eigenvalue weighted by Crippen LogP contribution is 2.30. The summed E-state index contributed by atoms with van der Waals surface area (Å²) in [7, 11) is -3.78. The number of ether oxygens (including phenoxy) is 5. The molecular formula is C15H22O11S2. The van der Waals surface area contributed by atoms with Gasteiger partial charge >= 0.3 is 23.9 Å². The molecule has 1 aliphatic rings. The molecule has 28 heavy (non-hydrogen) atoms. The van der Waals surface area contributed by atoms with Crippen LogP contribution >= 0.6 is 0 Å². The monoisotopic (exact) mass is 442 g/mol. The predicted molar refractivity (Wildman–Crippen MR) is 95.0 cm³/mol. The van der Waals surface area contributed by atoms with Crippen molar-refractivity contribution in [3.05, 3.63) is 0 Å². The van der Waals surface area contributed by atoms with Crippen LogP contribution in [0.15, 0.2) is 0 Å². The van der Waals surface area contributed by atoms with Gasteiger partial charge in [0.25, 0.3) is 0 Å². The van der Waals surface area contributed by atoms with E-state index in [1.165, 1.54) is 0 Å². The average molecular weight is 442 g/mol. The van der Waals surface area contributed by atoms with Crippen LogP contribution in [0.1, 0.15) is 27.7 Å². The van der Waals surface area contributed by atoms with Crippen LogP contribution in [0, 0.1) is 0 Å². The Kier molecular flexibility index (Phi) is 8.73. The molecule has 0 bridgehead atoms. The van der Waals surface area contributed by atoms with E-state index in [2.05, 4.69) is 11.2 Å². The standard InChI is InChI=1S/C15H22O11S2/c1-7(16)22-5-11-13(23-8(2)17)15(25-10(4)19)14(24-9(3)18)12(26-11)6-28(20,21)27/h11-15H,5-6H2,1-4H3,(H,20,21,27)/t11-,12?,13-,14-,15+/m1/s1. The molecule has 1 saturated heterocycles.